The highest BCUT2D eigenvalue weighted by atomic mass is 35.5. The number of aromatic nitrogens is 2. The van der Waals surface area contributed by atoms with E-state index in [4.69, 9.17) is 16.3 Å². The molecule has 1 N–H and O–H groups in total. The lowest BCUT2D eigenvalue weighted by Crippen LogP contribution is -2.27. The second kappa shape index (κ2) is 6.34. The predicted molar refractivity (Wildman–Crippen MR) is 73.0 cm³/mol. The number of hydrogen-bond donors (Lipinski definition) is 1. The van der Waals surface area contributed by atoms with E-state index in [9.17, 15) is 0 Å². The molecule has 0 spiro atoms. The summed E-state index contributed by atoms with van der Waals surface area (Å²) in [4.78, 5) is 8.37. The largest absolute Gasteiger partial charge is 0.381 e. The van der Waals surface area contributed by atoms with Crippen molar-refractivity contribution in [2.24, 2.45) is 5.92 Å². The molecule has 0 bridgehead atoms. The molecule has 2 unspecified atom stereocenters. The molecular weight excluding hydrogens is 250 g/mol. The van der Waals surface area contributed by atoms with Gasteiger partial charge >= 0.3 is 0 Å². The van der Waals surface area contributed by atoms with Crippen molar-refractivity contribution >= 4 is 17.4 Å². The van der Waals surface area contributed by atoms with Crippen LogP contribution in [-0.2, 0) is 11.2 Å². The zero-order chi connectivity index (χ0) is 13.0. The van der Waals surface area contributed by atoms with Gasteiger partial charge in [-0.2, -0.15) is 0 Å². The van der Waals surface area contributed by atoms with E-state index in [-0.39, 0.29) is 0 Å². The Morgan fingerprint density at radius 1 is 1.56 bits per heavy atom. The van der Waals surface area contributed by atoms with E-state index < -0.39 is 0 Å². The van der Waals surface area contributed by atoms with Gasteiger partial charge in [0.15, 0.2) is 0 Å². The maximum absolute atomic E-state index is 6.14. The van der Waals surface area contributed by atoms with Crippen molar-refractivity contribution in [2.45, 2.75) is 39.2 Å². The van der Waals surface area contributed by atoms with E-state index >= 15 is 0 Å². The van der Waals surface area contributed by atoms with Crippen LogP contribution in [-0.4, -0.2) is 29.2 Å². The van der Waals surface area contributed by atoms with Gasteiger partial charge in [0.1, 0.15) is 17.3 Å². The zero-order valence-corrected chi connectivity index (χ0v) is 11.7. The number of halogens is 1. The molecule has 1 saturated heterocycles. The molecule has 2 heterocycles. The molecule has 1 aromatic rings. The Bertz CT molecular complexity index is 394. The highest BCUT2D eigenvalue weighted by Crippen LogP contribution is 2.25. The van der Waals surface area contributed by atoms with Gasteiger partial charge in [0, 0.05) is 24.1 Å². The van der Waals surface area contributed by atoms with E-state index in [2.05, 4.69) is 29.1 Å². The number of rotatable bonds is 5. The predicted octanol–water partition coefficient (Wildman–Crippen LogP) is 2.92. The van der Waals surface area contributed by atoms with E-state index in [0.717, 1.165) is 43.9 Å². The fourth-order valence-corrected chi connectivity index (χ4v) is 2.49. The average Bonchev–Trinajstić information content (AvgIpc) is 2.87. The third-order valence-corrected chi connectivity index (χ3v) is 3.75. The number of nitrogens with zero attached hydrogens (tertiary/aromatic N) is 2. The van der Waals surface area contributed by atoms with Crippen LogP contribution in [0.1, 0.15) is 32.3 Å². The molecule has 0 aliphatic carbocycles. The fourth-order valence-electron chi connectivity index (χ4n) is 2.27. The molecule has 0 radical (unpaired) electrons. The summed E-state index contributed by atoms with van der Waals surface area (Å²) in [6, 6.07) is 0.342. The van der Waals surface area contributed by atoms with E-state index in [1.54, 1.807) is 0 Å². The van der Waals surface area contributed by atoms with Gasteiger partial charge in [-0.25, -0.2) is 9.97 Å². The summed E-state index contributed by atoms with van der Waals surface area (Å²) < 4.78 is 5.42. The number of ether oxygens (including phenoxy) is 1. The molecule has 1 aliphatic heterocycles. The minimum absolute atomic E-state index is 0.342. The standard InChI is InChI=1S/C13H20ClN3O/c1-3-4-11-12(14)15-8-16-13(11)17-9(2)10-5-6-18-7-10/h8-10H,3-7H2,1-2H3,(H,15,16,17). The van der Waals surface area contributed by atoms with Gasteiger partial charge in [0.25, 0.3) is 0 Å². The van der Waals surface area contributed by atoms with Crippen molar-refractivity contribution in [3.8, 4) is 0 Å². The number of anilines is 1. The summed E-state index contributed by atoms with van der Waals surface area (Å²) in [5.41, 5.74) is 1.02. The maximum atomic E-state index is 6.14. The molecule has 1 fully saturated rings. The van der Waals surface area contributed by atoms with Gasteiger partial charge < -0.3 is 10.1 Å². The van der Waals surface area contributed by atoms with Crippen molar-refractivity contribution < 1.29 is 4.74 Å². The van der Waals surface area contributed by atoms with Crippen LogP contribution in [0.2, 0.25) is 5.15 Å². The fraction of sp³-hybridized carbons (Fsp3) is 0.692. The highest BCUT2D eigenvalue weighted by molar-refractivity contribution is 6.30. The smallest absolute Gasteiger partial charge is 0.137 e. The maximum Gasteiger partial charge on any atom is 0.137 e. The SMILES string of the molecule is CCCc1c(Cl)ncnc1NC(C)C1CCOC1. The summed E-state index contributed by atoms with van der Waals surface area (Å²) in [7, 11) is 0. The van der Waals surface area contributed by atoms with Crippen molar-refractivity contribution in [1.82, 2.24) is 9.97 Å². The molecule has 1 aromatic heterocycles. The van der Waals surface area contributed by atoms with Crippen LogP contribution < -0.4 is 5.32 Å². The van der Waals surface area contributed by atoms with Gasteiger partial charge in [-0.15, -0.1) is 0 Å². The molecule has 0 saturated carbocycles. The lowest BCUT2D eigenvalue weighted by Gasteiger charge is -2.21. The third kappa shape index (κ3) is 3.12. The lowest BCUT2D eigenvalue weighted by molar-refractivity contribution is 0.183. The van der Waals surface area contributed by atoms with Gasteiger partial charge in [-0.05, 0) is 19.8 Å². The first-order valence-corrected chi connectivity index (χ1v) is 6.93. The summed E-state index contributed by atoms with van der Waals surface area (Å²) in [6.07, 6.45) is 4.55. The van der Waals surface area contributed by atoms with Gasteiger partial charge in [0.2, 0.25) is 0 Å². The Morgan fingerprint density at radius 2 is 2.39 bits per heavy atom. The lowest BCUT2D eigenvalue weighted by atomic mass is 10.0. The van der Waals surface area contributed by atoms with Crippen molar-refractivity contribution in [3.05, 3.63) is 17.0 Å². The van der Waals surface area contributed by atoms with Gasteiger partial charge in [-0.3, -0.25) is 0 Å². The quantitative estimate of drug-likeness (QED) is 0.835. The molecule has 2 rings (SSSR count). The molecular formula is C13H20ClN3O. The van der Waals surface area contributed by atoms with E-state index in [1.165, 1.54) is 6.33 Å². The first kappa shape index (κ1) is 13.6. The molecule has 1 aliphatic rings. The van der Waals surface area contributed by atoms with Gasteiger partial charge in [-0.1, -0.05) is 24.9 Å². The minimum Gasteiger partial charge on any atom is -0.381 e. The molecule has 0 aromatic carbocycles. The first-order valence-electron chi connectivity index (χ1n) is 6.56. The van der Waals surface area contributed by atoms with E-state index in [0.29, 0.717) is 17.1 Å². The van der Waals surface area contributed by atoms with Crippen LogP contribution in [0.5, 0.6) is 0 Å². The molecule has 5 heteroatoms. The Labute approximate surface area is 113 Å². The number of hydrogen-bond acceptors (Lipinski definition) is 4. The molecule has 2 atom stereocenters. The first-order chi connectivity index (χ1) is 8.72. The Kier molecular flexibility index (Phi) is 4.78. The van der Waals surface area contributed by atoms with Crippen LogP contribution >= 0.6 is 11.6 Å². The Morgan fingerprint density at radius 3 is 3.06 bits per heavy atom. The second-order valence-corrected chi connectivity index (χ2v) is 5.16. The average molecular weight is 270 g/mol. The zero-order valence-electron chi connectivity index (χ0n) is 10.9. The van der Waals surface area contributed by atoms with Crippen LogP contribution in [0.25, 0.3) is 0 Å². The van der Waals surface area contributed by atoms with Crippen molar-refractivity contribution in [3.63, 3.8) is 0 Å². The van der Waals surface area contributed by atoms with Crippen LogP contribution in [0.3, 0.4) is 0 Å². The topological polar surface area (TPSA) is 47.0 Å². The van der Waals surface area contributed by atoms with E-state index in [1.807, 2.05) is 0 Å². The summed E-state index contributed by atoms with van der Waals surface area (Å²) in [5.74, 6) is 1.42. The molecule has 0 amide bonds. The highest BCUT2D eigenvalue weighted by Gasteiger charge is 2.23. The van der Waals surface area contributed by atoms with Crippen LogP contribution in [0.15, 0.2) is 6.33 Å². The number of nitrogens with one attached hydrogen (secondary N) is 1. The van der Waals surface area contributed by atoms with Crippen LogP contribution in [0.4, 0.5) is 5.82 Å². The van der Waals surface area contributed by atoms with Crippen LogP contribution in [0, 0.1) is 5.92 Å². The summed E-state index contributed by atoms with van der Waals surface area (Å²) >= 11 is 6.14. The van der Waals surface area contributed by atoms with Gasteiger partial charge in [0.05, 0.1) is 6.61 Å². The third-order valence-electron chi connectivity index (χ3n) is 3.43. The summed E-state index contributed by atoms with van der Waals surface area (Å²) in [5, 5.41) is 4.02. The summed E-state index contributed by atoms with van der Waals surface area (Å²) in [6.45, 7) is 5.99. The van der Waals surface area contributed by atoms with Crippen molar-refractivity contribution in [1.29, 1.82) is 0 Å². The second-order valence-electron chi connectivity index (χ2n) is 4.80. The Balaban J connectivity index is 2.09. The molecule has 100 valence electrons. The molecule has 18 heavy (non-hydrogen) atoms. The Hall–Kier alpha value is -0.870. The molecule has 4 nitrogen and oxygen atoms in total. The van der Waals surface area contributed by atoms with Crippen molar-refractivity contribution in [2.75, 3.05) is 18.5 Å². The normalized spacial score (nSPS) is 20.9. The minimum atomic E-state index is 0.342. The monoisotopic (exact) mass is 269 g/mol.